The summed E-state index contributed by atoms with van der Waals surface area (Å²) in [6, 6.07) is 9.82. The fourth-order valence-corrected chi connectivity index (χ4v) is 3.58. The minimum atomic E-state index is -0.451. The zero-order chi connectivity index (χ0) is 14.7. The summed E-state index contributed by atoms with van der Waals surface area (Å²) in [5.41, 5.74) is 0.992. The summed E-state index contributed by atoms with van der Waals surface area (Å²) in [7, 11) is 0. The molecule has 3 rings (SSSR count). The van der Waals surface area contributed by atoms with E-state index in [9.17, 15) is 9.90 Å². The van der Waals surface area contributed by atoms with Crippen molar-refractivity contribution in [3.8, 4) is 10.6 Å². The average Bonchev–Trinajstić information content (AvgIpc) is 3.18. The van der Waals surface area contributed by atoms with Crippen molar-refractivity contribution in [1.82, 2.24) is 10.3 Å². The number of thiazole rings is 1. The van der Waals surface area contributed by atoms with E-state index >= 15 is 0 Å². The first-order valence-corrected chi connectivity index (χ1v) is 8.05. The molecule has 0 aliphatic heterocycles. The quantitative estimate of drug-likeness (QED) is 0.913. The molecule has 1 aromatic heterocycles. The first kappa shape index (κ1) is 14.2. The van der Waals surface area contributed by atoms with Crippen molar-refractivity contribution < 1.29 is 9.90 Å². The predicted octanol–water partition coefficient (Wildman–Crippen LogP) is 2.85. The molecule has 1 aromatic carbocycles. The molecular formula is C16H18N2O2S. The molecule has 2 N–H and O–H groups in total. The SMILES string of the molecule is O=C(NC1(CO)CCCC1)c1csc(-c2ccccc2)n1. The molecule has 0 atom stereocenters. The van der Waals surface area contributed by atoms with Crippen LogP contribution in [0.3, 0.4) is 0 Å². The van der Waals surface area contributed by atoms with Crippen LogP contribution in [-0.2, 0) is 0 Å². The van der Waals surface area contributed by atoms with Crippen LogP contribution in [0.4, 0.5) is 0 Å². The molecule has 110 valence electrons. The Balaban J connectivity index is 1.75. The van der Waals surface area contributed by atoms with Gasteiger partial charge in [-0.25, -0.2) is 4.98 Å². The van der Waals surface area contributed by atoms with E-state index in [1.165, 1.54) is 11.3 Å². The van der Waals surface area contributed by atoms with Crippen LogP contribution >= 0.6 is 11.3 Å². The molecule has 1 aliphatic rings. The van der Waals surface area contributed by atoms with E-state index in [-0.39, 0.29) is 12.5 Å². The Morgan fingerprint density at radius 3 is 2.67 bits per heavy atom. The molecule has 1 saturated carbocycles. The Kier molecular flexibility index (Phi) is 4.03. The van der Waals surface area contributed by atoms with Crippen LogP contribution in [0.2, 0.25) is 0 Å². The highest BCUT2D eigenvalue weighted by Gasteiger charge is 2.35. The lowest BCUT2D eigenvalue weighted by molar-refractivity contribution is 0.0834. The van der Waals surface area contributed by atoms with E-state index in [1.54, 1.807) is 5.38 Å². The molecule has 0 saturated heterocycles. The standard InChI is InChI=1S/C16H18N2O2S/c19-11-16(8-4-5-9-16)18-14(20)13-10-21-15(17-13)12-6-2-1-3-7-12/h1-3,6-7,10,19H,4-5,8-9,11H2,(H,18,20). The molecule has 1 aliphatic carbocycles. The minimum absolute atomic E-state index is 0.00554. The second kappa shape index (κ2) is 5.95. The highest BCUT2D eigenvalue weighted by Crippen LogP contribution is 2.30. The van der Waals surface area contributed by atoms with Crippen molar-refractivity contribution in [2.75, 3.05) is 6.61 Å². The summed E-state index contributed by atoms with van der Waals surface area (Å²) in [6.45, 7) is -0.00554. The number of carbonyl (C=O) groups is 1. The van der Waals surface area contributed by atoms with E-state index in [0.29, 0.717) is 5.69 Å². The maximum atomic E-state index is 12.3. The minimum Gasteiger partial charge on any atom is -0.394 e. The second-order valence-electron chi connectivity index (χ2n) is 5.50. The first-order valence-electron chi connectivity index (χ1n) is 7.17. The normalized spacial score (nSPS) is 16.8. The van der Waals surface area contributed by atoms with Gasteiger partial charge in [0.2, 0.25) is 0 Å². The number of nitrogens with zero attached hydrogens (tertiary/aromatic N) is 1. The molecule has 0 bridgehead atoms. The summed E-state index contributed by atoms with van der Waals surface area (Å²) in [4.78, 5) is 16.7. The zero-order valence-corrected chi connectivity index (χ0v) is 12.5. The molecule has 5 heteroatoms. The summed E-state index contributed by atoms with van der Waals surface area (Å²) in [5.74, 6) is -0.190. The number of aliphatic hydroxyl groups is 1. The van der Waals surface area contributed by atoms with Crippen molar-refractivity contribution in [3.63, 3.8) is 0 Å². The number of hydrogen-bond acceptors (Lipinski definition) is 4. The third-order valence-corrected chi connectivity index (χ3v) is 4.89. The van der Waals surface area contributed by atoms with Gasteiger partial charge in [0.25, 0.3) is 5.91 Å². The highest BCUT2D eigenvalue weighted by atomic mass is 32.1. The number of nitrogens with one attached hydrogen (secondary N) is 1. The van der Waals surface area contributed by atoms with E-state index in [2.05, 4.69) is 10.3 Å². The summed E-state index contributed by atoms with van der Waals surface area (Å²) >= 11 is 1.46. The summed E-state index contributed by atoms with van der Waals surface area (Å²) in [5, 5.41) is 15.2. The predicted molar refractivity (Wildman–Crippen MR) is 83.3 cm³/mol. The van der Waals surface area contributed by atoms with Gasteiger partial charge in [-0.15, -0.1) is 11.3 Å². The topological polar surface area (TPSA) is 62.2 Å². The fraction of sp³-hybridized carbons (Fsp3) is 0.375. The van der Waals surface area contributed by atoms with Crippen LogP contribution in [-0.4, -0.2) is 28.1 Å². The average molecular weight is 302 g/mol. The maximum Gasteiger partial charge on any atom is 0.271 e. The molecule has 1 fully saturated rings. The smallest absolute Gasteiger partial charge is 0.271 e. The Morgan fingerprint density at radius 2 is 2.00 bits per heavy atom. The van der Waals surface area contributed by atoms with Gasteiger partial charge in [0.15, 0.2) is 0 Å². The number of carbonyl (C=O) groups excluding carboxylic acids is 1. The van der Waals surface area contributed by atoms with Gasteiger partial charge in [-0.1, -0.05) is 43.2 Å². The first-order chi connectivity index (χ1) is 10.2. The van der Waals surface area contributed by atoms with E-state index in [1.807, 2.05) is 30.3 Å². The third-order valence-electron chi connectivity index (χ3n) is 4.00. The summed E-state index contributed by atoms with van der Waals surface area (Å²) < 4.78 is 0. The van der Waals surface area contributed by atoms with Gasteiger partial charge in [0, 0.05) is 10.9 Å². The molecule has 1 heterocycles. The van der Waals surface area contributed by atoms with Crippen molar-refractivity contribution in [1.29, 1.82) is 0 Å². The fourth-order valence-electron chi connectivity index (χ4n) is 2.77. The second-order valence-corrected chi connectivity index (χ2v) is 6.36. The molecule has 1 amide bonds. The molecule has 0 unspecified atom stereocenters. The van der Waals surface area contributed by atoms with E-state index in [0.717, 1.165) is 36.3 Å². The van der Waals surface area contributed by atoms with Gasteiger partial charge in [-0.3, -0.25) is 4.79 Å². The maximum absolute atomic E-state index is 12.3. The monoisotopic (exact) mass is 302 g/mol. The van der Waals surface area contributed by atoms with Crippen molar-refractivity contribution in [3.05, 3.63) is 41.4 Å². The molecule has 4 nitrogen and oxygen atoms in total. The lowest BCUT2D eigenvalue weighted by Crippen LogP contribution is -2.49. The Morgan fingerprint density at radius 1 is 1.29 bits per heavy atom. The molecular weight excluding hydrogens is 284 g/mol. The van der Waals surface area contributed by atoms with Crippen LogP contribution in [0.5, 0.6) is 0 Å². The van der Waals surface area contributed by atoms with Gasteiger partial charge in [0.1, 0.15) is 10.7 Å². The van der Waals surface area contributed by atoms with Crippen LogP contribution in [0.25, 0.3) is 10.6 Å². The molecule has 0 radical (unpaired) electrons. The van der Waals surface area contributed by atoms with E-state index < -0.39 is 5.54 Å². The van der Waals surface area contributed by atoms with Gasteiger partial charge in [-0.05, 0) is 12.8 Å². The molecule has 21 heavy (non-hydrogen) atoms. The van der Waals surface area contributed by atoms with Crippen LogP contribution in [0, 0.1) is 0 Å². The van der Waals surface area contributed by atoms with Gasteiger partial charge in [-0.2, -0.15) is 0 Å². The van der Waals surface area contributed by atoms with Crippen molar-refractivity contribution >= 4 is 17.2 Å². The third kappa shape index (κ3) is 2.99. The van der Waals surface area contributed by atoms with Crippen LogP contribution in [0.15, 0.2) is 35.7 Å². The summed E-state index contributed by atoms with van der Waals surface area (Å²) in [6.07, 6.45) is 3.77. The lowest BCUT2D eigenvalue weighted by atomic mass is 9.99. The number of aromatic nitrogens is 1. The largest absolute Gasteiger partial charge is 0.394 e. The molecule has 2 aromatic rings. The highest BCUT2D eigenvalue weighted by molar-refractivity contribution is 7.13. The van der Waals surface area contributed by atoms with Crippen LogP contribution < -0.4 is 5.32 Å². The van der Waals surface area contributed by atoms with Crippen molar-refractivity contribution in [2.24, 2.45) is 0 Å². The number of rotatable bonds is 4. The van der Waals surface area contributed by atoms with Gasteiger partial charge >= 0.3 is 0 Å². The number of hydrogen-bond donors (Lipinski definition) is 2. The van der Waals surface area contributed by atoms with E-state index in [4.69, 9.17) is 0 Å². The van der Waals surface area contributed by atoms with Crippen LogP contribution in [0.1, 0.15) is 36.2 Å². The Hall–Kier alpha value is -1.72. The number of aliphatic hydroxyl groups excluding tert-OH is 1. The number of benzene rings is 1. The lowest BCUT2D eigenvalue weighted by Gasteiger charge is -2.27. The number of amides is 1. The Labute approximate surface area is 127 Å². The van der Waals surface area contributed by atoms with Gasteiger partial charge in [0.05, 0.1) is 12.1 Å². The molecule has 0 spiro atoms. The van der Waals surface area contributed by atoms with Gasteiger partial charge < -0.3 is 10.4 Å². The van der Waals surface area contributed by atoms with Crippen molar-refractivity contribution in [2.45, 2.75) is 31.2 Å². The zero-order valence-electron chi connectivity index (χ0n) is 11.7. The Bertz CT molecular complexity index is 618.